The molecule has 0 spiro atoms. The Morgan fingerprint density at radius 1 is 0.967 bits per heavy atom. The van der Waals surface area contributed by atoms with Crippen molar-refractivity contribution in [2.75, 3.05) is 52.4 Å². The zero-order chi connectivity index (χ0) is 21.7. The van der Waals surface area contributed by atoms with E-state index in [4.69, 9.17) is 14.2 Å². The summed E-state index contributed by atoms with van der Waals surface area (Å²) in [5.74, 6) is 1.55. The van der Waals surface area contributed by atoms with Gasteiger partial charge in [0.25, 0.3) is 5.69 Å². The summed E-state index contributed by atoms with van der Waals surface area (Å²) in [4.78, 5) is 27.1. The first-order valence-electron chi connectivity index (χ1n) is 9.53. The standard InChI is InChI=1S/C21H25N3O6/c1-28-18-12-15(13-19(29-2)21(18)30-3)14-20(25)23-10-8-22(9-11-23)16-4-6-17(7-5-16)24(26)27/h4-7,12-13H,8-11,14H2,1-3H3. The Kier molecular flexibility index (Phi) is 6.61. The summed E-state index contributed by atoms with van der Waals surface area (Å²) in [6, 6.07) is 10.0. The maximum atomic E-state index is 12.8. The lowest BCUT2D eigenvalue weighted by Gasteiger charge is -2.36. The fraction of sp³-hybridized carbons (Fsp3) is 0.381. The van der Waals surface area contributed by atoms with E-state index in [1.165, 1.54) is 19.2 Å². The number of ether oxygens (including phenoxy) is 3. The van der Waals surface area contributed by atoms with Crippen LogP contribution < -0.4 is 19.1 Å². The third-order valence-electron chi connectivity index (χ3n) is 5.14. The molecule has 1 heterocycles. The molecule has 0 aromatic heterocycles. The fourth-order valence-corrected chi connectivity index (χ4v) is 3.52. The lowest BCUT2D eigenvalue weighted by atomic mass is 10.1. The molecule has 1 amide bonds. The molecule has 0 aliphatic carbocycles. The van der Waals surface area contributed by atoms with E-state index in [-0.39, 0.29) is 18.0 Å². The minimum atomic E-state index is -0.413. The number of non-ortho nitro benzene ring substituents is 1. The first-order chi connectivity index (χ1) is 14.5. The lowest BCUT2D eigenvalue weighted by molar-refractivity contribution is -0.384. The molecule has 0 atom stereocenters. The number of nitrogens with zero attached hydrogens (tertiary/aromatic N) is 3. The van der Waals surface area contributed by atoms with Crippen molar-refractivity contribution in [3.05, 3.63) is 52.1 Å². The van der Waals surface area contributed by atoms with Crippen molar-refractivity contribution in [1.29, 1.82) is 0 Å². The number of methoxy groups -OCH3 is 3. The van der Waals surface area contributed by atoms with Crippen LogP contribution in [0.25, 0.3) is 0 Å². The number of piperazine rings is 1. The number of carbonyl (C=O) groups excluding carboxylic acids is 1. The molecule has 0 unspecified atom stereocenters. The van der Waals surface area contributed by atoms with Crippen LogP contribution in [0.15, 0.2) is 36.4 Å². The summed E-state index contributed by atoms with van der Waals surface area (Å²) >= 11 is 0. The molecule has 2 aromatic rings. The van der Waals surface area contributed by atoms with Crippen LogP contribution in [-0.4, -0.2) is 63.2 Å². The van der Waals surface area contributed by atoms with Gasteiger partial charge in [0.2, 0.25) is 11.7 Å². The highest BCUT2D eigenvalue weighted by atomic mass is 16.6. The van der Waals surface area contributed by atoms with Crippen molar-refractivity contribution in [3.63, 3.8) is 0 Å². The predicted octanol–water partition coefficient (Wildman–Crippen LogP) is 2.51. The lowest BCUT2D eigenvalue weighted by Crippen LogP contribution is -2.49. The van der Waals surface area contributed by atoms with Crippen LogP contribution in [0, 0.1) is 10.1 Å². The Labute approximate surface area is 174 Å². The Balaban J connectivity index is 1.62. The molecule has 9 nitrogen and oxygen atoms in total. The number of hydrogen-bond donors (Lipinski definition) is 0. The Bertz CT molecular complexity index is 882. The van der Waals surface area contributed by atoms with Gasteiger partial charge in [-0.15, -0.1) is 0 Å². The number of carbonyl (C=O) groups is 1. The van der Waals surface area contributed by atoms with Crippen LogP contribution in [0.1, 0.15) is 5.56 Å². The van der Waals surface area contributed by atoms with Crippen molar-refractivity contribution in [3.8, 4) is 17.2 Å². The van der Waals surface area contributed by atoms with E-state index < -0.39 is 4.92 Å². The van der Waals surface area contributed by atoms with Gasteiger partial charge in [-0.25, -0.2) is 0 Å². The SMILES string of the molecule is COc1cc(CC(=O)N2CCN(c3ccc([N+](=O)[O-])cc3)CC2)cc(OC)c1OC. The van der Waals surface area contributed by atoms with Crippen molar-refractivity contribution in [1.82, 2.24) is 4.90 Å². The fourth-order valence-electron chi connectivity index (χ4n) is 3.52. The number of nitro benzene ring substituents is 1. The Morgan fingerprint density at radius 2 is 1.53 bits per heavy atom. The van der Waals surface area contributed by atoms with Crippen LogP contribution in [0.3, 0.4) is 0 Å². The molecular formula is C21H25N3O6. The zero-order valence-electron chi connectivity index (χ0n) is 17.3. The second-order valence-corrected chi connectivity index (χ2v) is 6.85. The highest BCUT2D eigenvalue weighted by molar-refractivity contribution is 5.79. The first-order valence-corrected chi connectivity index (χ1v) is 9.53. The van der Waals surface area contributed by atoms with E-state index in [2.05, 4.69) is 4.90 Å². The molecule has 30 heavy (non-hydrogen) atoms. The van der Waals surface area contributed by atoms with Gasteiger partial charge in [-0.1, -0.05) is 0 Å². The molecule has 1 aliphatic heterocycles. The molecule has 0 saturated carbocycles. The van der Waals surface area contributed by atoms with Crippen LogP contribution >= 0.6 is 0 Å². The van der Waals surface area contributed by atoms with Gasteiger partial charge < -0.3 is 24.0 Å². The molecule has 0 radical (unpaired) electrons. The molecule has 1 aliphatic rings. The maximum Gasteiger partial charge on any atom is 0.269 e. The summed E-state index contributed by atoms with van der Waals surface area (Å²) in [5.41, 5.74) is 1.77. The van der Waals surface area contributed by atoms with E-state index >= 15 is 0 Å². The average molecular weight is 415 g/mol. The van der Waals surface area contributed by atoms with Gasteiger partial charge in [0, 0.05) is 44.0 Å². The van der Waals surface area contributed by atoms with Crippen LogP contribution in [-0.2, 0) is 11.2 Å². The van der Waals surface area contributed by atoms with Crippen LogP contribution in [0.5, 0.6) is 17.2 Å². The number of rotatable bonds is 7. The molecule has 1 fully saturated rings. The highest BCUT2D eigenvalue weighted by Crippen LogP contribution is 2.38. The van der Waals surface area contributed by atoms with Crippen molar-refractivity contribution < 1.29 is 23.9 Å². The topological polar surface area (TPSA) is 94.4 Å². The molecule has 1 saturated heterocycles. The zero-order valence-corrected chi connectivity index (χ0v) is 17.3. The second kappa shape index (κ2) is 9.34. The third kappa shape index (κ3) is 4.56. The second-order valence-electron chi connectivity index (χ2n) is 6.85. The van der Waals surface area contributed by atoms with Crippen LogP contribution in [0.4, 0.5) is 11.4 Å². The van der Waals surface area contributed by atoms with Gasteiger partial charge in [0.1, 0.15) is 0 Å². The molecule has 160 valence electrons. The Hall–Kier alpha value is -3.49. The largest absolute Gasteiger partial charge is 0.493 e. The van der Waals surface area contributed by atoms with Gasteiger partial charge in [-0.3, -0.25) is 14.9 Å². The van der Waals surface area contributed by atoms with E-state index in [0.29, 0.717) is 43.4 Å². The average Bonchev–Trinajstić information content (AvgIpc) is 2.78. The third-order valence-corrected chi connectivity index (χ3v) is 5.14. The normalized spacial score (nSPS) is 13.7. The smallest absolute Gasteiger partial charge is 0.269 e. The highest BCUT2D eigenvalue weighted by Gasteiger charge is 2.23. The van der Waals surface area contributed by atoms with Gasteiger partial charge in [0.05, 0.1) is 32.7 Å². The van der Waals surface area contributed by atoms with Gasteiger partial charge in [-0.2, -0.15) is 0 Å². The number of anilines is 1. The van der Waals surface area contributed by atoms with E-state index in [0.717, 1.165) is 11.3 Å². The van der Waals surface area contributed by atoms with Gasteiger partial charge in [-0.05, 0) is 29.8 Å². The molecule has 0 N–H and O–H groups in total. The molecular weight excluding hydrogens is 390 g/mol. The quantitative estimate of drug-likeness (QED) is 0.507. The van der Waals surface area contributed by atoms with E-state index in [1.807, 2.05) is 4.90 Å². The summed E-state index contributed by atoms with van der Waals surface area (Å²) < 4.78 is 16.0. The van der Waals surface area contributed by atoms with E-state index in [1.54, 1.807) is 38.5 Å². The first kappa shape index (κ1) is 21.2. The van der Waals surface area contributed by atoms with Gasteiger partial charge in [0.15, 0.2) is 11.5 Å². The monoisotopic (exact) mass is 415 g/mol. The molecule has 9 heteroatoms. The number of benzene rings is 2. The number of nitro groups is 1. The van der Waals surface area contributed by atoms with Gasteiger partial charge >= 0.3 is 0 Å². The summed E-state index contributed by atoms with van der Waals surface area (Å²) in [6.07, 6.45) is 0.230. The molecule has 3 rings (SSSR count). The predicted molar refractivity (Wildman–Crippen MR) is 112 cm³/mol. The van der Waals surface area contributed by atoms with Crippen molar-refractivity contribution in [2.45, 2.75) is 6.42 Å². The Morgan fingerprint density at radius 3 is 2.00 bits per heavy atom. The molecule has 2 aromatic carbocycles. The number of hydrogen-bond acceptors (Lipinski definition) is 7. The number of amides is 1. The minimum Gasteiger partial charge on any atom is -0.493 e. The van der Waals surface area contributed by atoms with Crippen molar-refractivity contribution in [2.24, 2.45) is 0 Å². The maximum absolute atomic E-state index is 12.8. The summed E-state index contributed by atoms with van der Waals surface area (Å²) in [6.45, 7) is 2.50. The van der Waals surface area contributed by atoms with Crippen LogP contribution in [0.2, 0.25) is 0 Å². The van der Waals surface area contributed by atoms with E-state index in [9.17, 15) is 14.9 Å². The molecule has 0 bridgehead atoms. The minimum absolute atomic E-state index is 0.0209. The van der Waals surface area contributed by atoms with Crippen molar-refractivity contribution >= 4 is 17.3 Å². The summed E-state index contributed by atoms with van der Waals surface area (Å²) in [5, 5.41) is 10.8. The summed E-state index contributed by atoms with van der Waals surface area (Å²) in [7, 11) is 4.62.